The fraction of sp³-hybridized carbons (Fsp3) is 0.409. The molecular formula is C22H29N3O4. The molecular weight excluding hydrogens is 370 g/mol. The zero-order valence-electron chi connectivity index (χ0n) is 17.3. The van der Waals surface area contributed by atoms with E-state index in [0.717, 1.165) is 44.2 Å². The van der Waals surface area contributed by atoms with Gasteiger partial charge in [0.05, 0.1) is 32.6 Å². The molecule has 2 aromatic rings. The van der Waals surface area contributed by atoms with Crippen LogP contribution in [0.25, 0.3) is 0 Å². The Balaban J connectivity index is 1.48. The standard InChI is InChI=1S/C22H29N3O4/c1-27-19-9-5-4-8-18(19)25-15-13-24(14-16-25)12-11-23-22(26)17-7-6-10-20(28-2)21(17)29-3/h4-10H,11-16H2,1-3H3,(H,23,26). The minimum atomic E-state index is -0.159. The summed E-state index contributed by atoms with van der Waals surface area (Å²) in [6.07, 6.45) is 0. The molecule has 0 saturated carbocycles. The lowest BCUT2D eigenvalue weighted by Gasteiger charge is -2.36. The second-order valence-corrected chi connectivity index (χ2v) is 6.80. The highest BCUT2D eigenvalue weighted by Gasteiger charge is 2.20. The van der Waals surface area contributed by atoms with Gasteiger partial charge in [0.15, 0.2) is 11.5 Å². The van der Waals surface area contributed by atoms with E-state index in [0.29, 0.717) is 23.6 Å². The molecule has 0 aliphatic carbocycles. The highest BCUT2D eigenvalue weighted by atomic mass is 16.5. The number of carbonyl (C=O) groups is 1. The quantitative estimate of drug-likeness (QED) is 0.735. The lowest BCUT2D eigenvalue weighted by Crippen LogP contribution is -2.48. The topological polar surface area (TPSA) is 63.3 Å². The zero-order valence-corrected chi connectivity index (χ0v) is 17.3. The minimum Gasteiger partial charge on any atom is -0.495 e. The van der Waals surface area contributed by atoms with Crippen LogP contribution in [0.15, 0.2) is 42.5 Å². The number of piperazine rings is 1. The number of methoxy groups -OCH3 is 3. The van der Waals surface area contributed by atoms with E-state index in [1.54, 1.807) is 32.4 Å². The Kier molecular flexibility index (Phi) is 7.19. The van der Waals surface area contributed by atoms with Crippen molar-refractivity contribution in [2.24, 2.45) is 0 Å². The van der Waals surface area contributed by atoms with Gasteiger partial charge >= 0.3 is 0 Å². The predicted molar refractivity (Wildman–Crippen MR) is 114 cm³/mol. The van der Waals surface area contributed by atoms with Gasteiger partial charge in [-0.2, -0.15) is 0 Å². The summed E-state index contributed by atoms with van der Waals surface area (Å²) in [7, 11) is 4.80. The predicted octanol–water partition coefficient (Wildman–Crippen LogP) is 2.26. The van der Waals surface area contributed by atoms with Gasteiger partial charge in [0.2, 0.25) is 0 Å². The van der Waals surface area contributed by atoms with Gasteiger partial charge in [-0.05, 0) is 24.3 Å². The molecule has 7 nitrogen and oxygen atoms in total. The van der Waals surface area contributed by atoms with E-state index < -0.39 is 0 Å². The molecule has 7 heteroatoms. The lowest BCUT2D eigenvalue weighted by molar-refractivity contribution is 0.0944. The first-order chi connectivity index (χ1) is 14.2. The molecule has 0 aromatic heterocycles. The maximum absolute atomic E-state index is 12.6. The van der Waals surface area contributed by atoms with E-state index in [1.165, 1.54) is 7.11 Å². The summed E-state index contributed by atoms with van der Waals surface area (Å²) in [4.78, 5) is 17.3. The molecule has 1 N–H and O–H groups in total. The van der Waals surface area contributed by atoms with Crippen LogP contribution in [0.2, 0.25) is 0 Å². The summed E-state index contributed by atoms with van der Waals surface area (Å²) in [6, 6.07) is 13.4. The fourth-order valence-corrected chi connectivity index (χ4v) is 3.59. The van der Waals surface area contributed by atoms with Crippen LogP contribution in [-0.2, 0) is 0 Å². The monoisotopic (exact) mass is 399 g/mol. The van der Waals surface area contributed by atoms with E-state index in [4.69, 9.17) is 14.2 Å². The van der Waals surface area contributed by atoms with Crippen molar-refractivity contribution in [3.8, 4) is 17.2 Å². The first-order valence-electron chi connectivity index (χ1n) is 9.77. The van der Waals surface area contributed by atoms with Gasteiger partial charge in [-0.15, -0.1) is 0 Å². The van der Waals surface area contributed by atoms with Gasteiger partial charge in [-0.1, -0.05) is 18.2 Å². The number of nitrogens with one attached hydrogen (secondary N) is 1. The normalized spacial score (nSPS) is 14.4. The zero-order chi connectivity index (χ0) is 20.6. The molecule has 0 radical (unpaired) electrons. The Bertz CT molecular complexity index is 819. The van der Waals surface area contributed by atoms with E-state index in [-0.39, 0.29) is 5.91 Å². The summed E-state index contributed by atoms with van der Waals surface area (Å²) in [5.41, 5.74) is 1.61. The molecule has 0 bridgehead atoms. The summed E-state index contributed by atoms with van der Waals surface area (Å²) < 4.78 is 16.1. The second-order valence-electron chi connectivity index (χ2n) is 6.80. The summed E-state index contributed by atoms with van der Waals surface area (Å²) in [5.74, 6) is 1.75. The van der Waals surface area contributed by atoms with Crippen LogP contribution in [0.1, 0.15) is 10.4 Å². The first kappa shape index (κ1) is 20.8. The van der Waals surface area contributed by atoms with Gasteiger partial charge in [-0.3, -0.25) is 9.69 Å². The van der Waals surface area contributed by atoms with Crippen molar-refractivity contribution in [1.29, 1.82) is 0 Å². The van der Waals surface area contributed by atoms with Crippen LogP contribution in [0.5, 0.6) is 17.2 Å². The van der Waals surface area contributed by atoms with E-state index in [2.05, 4.69) is 21.2 Å². The molecule has 0 atom stereocenters. The Morgan fingerprint density at radius 3 is 2.28 bits per heavy atom. The molecule has 1 aliphatic heterocycles. The molecule has 1 heterocycles. The van der Waals surface area contributed by atoms with E-state index in [9.17, 15) is 4.79 Å². The molecule has 0 spiro atoms. The summed E-state index contributed by atoms with van der Waals surface area (Å²) >= 11 is 0. The number of hydrogen-bond acceptors (Lipinski definition) is 6. The van der Waals surface area contributed by atoms with Crippen molar-refractivity contribution in [1.82, 2.24) is 10.2 Å². The number of amides is 1. The number of ether oxygens (including phenoxy) is 3. The third-order valence-corrected chi connectivity index (χ3v) is 5.16. The molecule has 29 heavy (non-hydrogen) atoms. The lowest BCUT2D eigenvalue weighted by atomic mass is 10.1. The van der Waals surface area contributed by atoms with Gasteiger partial charge in [-0.25, -0.2) is 0 Å². The average Bonchev–Trinajstić information content (AvgIpc) is 2.78. The number of rotatable bonds is 8. The SMILES string of the molecule is COc1ccccc1N1CCN(CCNC(=O)c2cccc(OC)c2OC)CC1. The minimum absolute atomic E-state index is 0.159. The van der Waals surface area contributed by atoms with E-state index in [1.807, 2.05) is 18.2 Å². The molecule has 2 aromatic carbocycles. The Hall–Kier alpha value is -2.93. The molecule has 1 aliphatic rings. The molecule has 0 unspecified atom stereocenters. The van der Waals surface area contributed by atoms with Gasteiger partial charge in [0.25, 0.3) is 5.91 Å². The molecule has 156 valence electrons. The van der Waals surface area contributed by atoms with Crippen LogP contribution in [0.4, 0.5) is 5.69 Å². The number of para-hydroxylation sites is 3. The largest absolute Gasteiger partial charge is 0.495 e. The van der Waals surface area contributed by atoms with Crippen LogP contribution in [0, 0.1) is 0 Å². The van der Waals surface area contributed by atoms with Crippen LogP contribution >= 0.6 is 0 Å². The number of nitrogens with zero attached hydrogens (tertiary/aromatic N) is 2. The van der Waals surface area contributed by atoms with Crippen molar-refractivity contribution in [2.45, 2.75) is 0 Å². The number of anilines is 1. The van der Waals surface area contributed by atoms with Crippen molar-refractivity contribution in [3.05, 3.63) is 48.0 Å². The van der Waals surface area contributed by atoms with Crippen molar-refractivity contribution in [2.75, 3.05) is 65.5 Å². The average molecular weight is 399 g/mol. The van der Waals surface area contributed by atoms with Crippen molar-refractivity contribution >= 4 is 11.6 Å². The van der Waals surface area contributed by atoms with Gasteiger partial charge < -0.3 is 24.4 Å². The second kappa shape index (κ2) is 10.0. The maximum atomic E-state index is 12.6. The number of benzene rings is 2. The highest BCUT2D eigenvalue weighted by molar-refractivity contribution is 5.97. The molecule has 1 saturated heterocycles. The fourth-order valence-electron chi connectivity index (χ4n) is 3.59. The van der Waals surface area contributed by atoms with E-state index >= 15 is 0 Å². The van der Waals surface area contributed by atoms with Crippen molar-refractivity contribution in [3.63, 3.8) is 0 Å². The summed E-state index contributed by atoms with van der Waals surface area (Å²) in [6.45, 7) is 5.12. The molecule has 1 fully saturated rings. The smallest absolute Gasteiger partial charge is 0.255 e. The maximum Gasteiger partial charge on any atom is 0.255 e. The third-order valence-electron chi connectivity index (χ3n) is 5.16. The third kappa shape index (κ3) is 4.92. The Morgan fingerprint density at radius 2 is 1.59 bits per heavy atom. The van der Waals surface area contributed by atoms with Crippen LogP contribution < -0.4 is 24.4 Å². The van der Waals surface area contributed by atoms with Crippen molar-refractivity contribution < 1.29 is 19.0 Å². The number of hydrogen-bond donors (Lipinski definition) is 1. The number of carbonyl (C=O) groups excluding carboxylic acids is 1. The Morgan fingerprint density at radius 1 is 0.897 bits per heavy atom. The first-order valence-corrected chi connectivity index (χ1v) is 9.77. The Labute approximate surface area is 172 Å². The summed E-state index contributed by atoms with van der Waals surface area (Å²) in [5, 5.41) is 2.98. The molecule has 3 rings (SSSR count). The van der Waals surface area contributed by atoms with Crippen LogP contribution in [-0.4, -0.2) is 71.4 Å². The van der Waals surface area contributed by atoms with Gasteiger partial charge in [0, 0.05) is 39.3 Å². The highest BCUT2D eigenvalue weighted by Crippen LogP contribution is 2.30. The molecule has 1 amide bonds. The van der Waals surface area contributed by atoms with Gasteiger partial charge in [0.1, 0.15) is 5.75 Å². The van der Waals surface area contributed by atoms with Crippen LogP contribution in [0.3, 0.4) is 0 Å².